The van der Waals surface area contributed by atoms with Gasteiger partial charge in [-0.25, -0.2) is 14.0 Å². The van der Waals surface area contributed by atoms with Crippen LogP contribution in [0.3, 0.4) is 0 Å². The standard InChI is InChI=1S/C31H37F4N5O5/c1-19-26(38-14-13-36-21(15-38)18-41)27(42)40(17-25(20-9-6-5-7-10-20)37-28(43)45-30(2,3)4)29(44)39(19)16-22-23(31(33,34)35)11-8-12-24(22)32/h5-12,21,25,36,41H,13-18H2,1-4H3,(H,37,43). The Morgan fingerprint density at radius 1 is 1.09 bits per heavy atom. The van der Waals surface area contributed by atoms with Crippen LogP contribution in [0.15, 0.2) is 58.1 Å². The third-order valence-corrected chi connectivity index (χ3v) is 7.45. The minimum absolute atomic E-state index is 0.0172. The van der Waals surface area contributed by atoms with Gasteiger partial charge in [0.15, 0.2) is 0 Å². The van der Waals surface area contributed by atoms with Gasteiger partial charge in [0.25, 0.3) is 5.56 Å². The van der Waals surface area contributed by atoms with Crippen LogP contribution < -0.4 is 26.8 Å². The number of aliphatic hydroxyl groups excluding tert-OH is 1. The van der Waals surface area contributed by atoms with Gasteiger partial charge >= 0.3 is 18.0 Å². The molecule has 3 N–H and O–H groups in total. The molecule has 2 unspecified atom stereocenters. The molecule has 10 nitrogen and oxygen atoms in total. The lowest BCUT2D eigenvalue weighted by Gasteiger charge is -2.35. The number of nitrogens with zero attached hydrogens (tertiary/aromatic N) is 3. The number of ether oxygens (including phenoxy) is 1. The van der Waals surface area contributed by atoms with E-state index in [2.05, 4.69) is 10.6 Å². The first-order valence-electron chi connectivity index (χ1n) is 14.4. The minimum atomic E-state index is -4.91. The number of alkyl halides is 3. The summed E-state index contributed by atoms with van der Waals surface area (Å²) in [5, 5.41) is 15.6. The molecule has 0 bridgehead atoms. The fraction of sp³-hybridized carbons (Fsp3) is 0.452. The summed E-state index contributed by atoms with van der Waals surface area (Å²) in [6.45, 7) is 5.79. The third kappa shape index (κ3) is 7.92. The second kappa shape index (κ2) is 13.4. The van der Waals surface area contributed by atoms with Crippen molar-refractivity contribution in [1.29, 1.82) is 0 Å². The molecule has 1 aliphatic rings. The molecule has 0 aliphatic carbocycles. The van der Waals surface area contributed by atoms with Crippen molar-refractivity contribution in [3.63, 3.8) is 0 Å². The van der Waals surface area contributed by atoms with Crippen LogP contribution in [-0.2, 0) is 24.0 Å². The predicted molar refractivity (Wildman–Crippen MR) is 160 cm³/mol. The SMILES string of the molecule is Cc1c(N2CCNC(CO)C2)c(=O)n(CC(NC(=O)OC(C)(C)C)c2ccccc2)c(=O)n1Cc1c(F)cccc1C(F)(F)F. The quantitative estimate of drug-likeness (QED) is 0.324. The smallest absolute Gasteiger partial charge is 0.416 e. The minimum Gasteiger partial charge on any atom is -0.444 e. The van der Waals surface area contributed by atoms with E-state index in [0.717, 1.165) is 27.3 Å². The number of carbonyl (C=O) groups excluding carboxylic acids is 1. The van der Waals surface area contributed by atoms with Gasteiger partial charge in [-0.05, 0) is 45.4 Å². The lowest BCUT2D eigenvalue weighted by molar-refractivity contribution is -0.138. The summed E-state index contributed by atoms with van der Waals surface area (Å²) >= 11 is 0. The highest BCUT2D eigenvalue weighted by molar-refractivity contribution is 5.68. The summed E-state index contributed by atoms with van der Waals surface area (Å²) in [6.07, 6.45) is -5.72. The van der Waals surface area contributed by atoms with Crippen molar-refractivity contribution in [2.24, 2.45) is 0 Å². The molecule has 2 aromatic carbocycles. The van der Waals surface area contributed by atoms with Gasteiger partial charge in [-0.2, -0.15) is 13.2 Å². The Balaban J connectivity index is 1.91. The maximum atomic E-state index is 15.0. The topological polar surface area (TPSA) is 118 Å². The molecule has 1 aliphatic heterocycles. The summed E-state index contributed by atoms with van der Waals surface area (Å²) < 4.78 is 63.9. The lowest BCUT2D eigenvalue weighted by atomic mass is 10.1. The van der Waals surface area contributed by atoms with Crippen LogP contribution in [0.4, 0.5) is 28.0 Å². The second-order valence-corrected chi connectivity index (χ2v) is 11.9. The van der Waals surface area contributed by atoms with Gasteiger partial charge in [-0.15, -0.1) is 0 Å². The molecule has 3 aromatic rings. The fourth-order valence-electron chi connectivity index (χ4n) is 5.34. The Hall–Kier alpha value is -4.17. The number of amides is 1. The van der Waals surface area contributed by atoms with E-state index in [1.54, 1.807) is 56.0 Å². The van der Waals surface area contributed by atoms with Crippen molar-refractivity contribution >= 4 is 11.8 Å². The zero-order chi connectivity index (χ0) is 33.1. The average Bonchev–Trinajstić information content (AvgIpc) is 2.96. The first-order chi connectivity index (χ1) is 21.1. The van der Waals surface area contributed by atoms with Gasteiger partial charge in [0.2, 0.25) is 0 Å². The summed E-state index contributed by atoms with van der Waals surface area (Å²) in [5.74, 6) is -1.16. The lowest BCUT2D eigenvalue weighted by Crippen LogP contribution is -2.55. The molecule has 244 valence electrons. The predicted octanol–water partition coefficient (Wildman–Crippen LogP) is 3.56. The van der Waals surface area contributed by atoms with Crippen LogP contribution in [0.5, 0.6) is 0 Å². The molecule has 1 saturated heterocycles. The number of alkyl carbamates (subject to hydrolysis) is 1. The zero-order valence-corrected chi connectivity index (χ0v) is 25.4. The highest BCUT2D eigenvalue weighted by Gasteiger charge is 2.35. The molecule has 0 radical (unpaired) electrons. The highest BCUT2D eigenvalue weighted by Crippen LogP contribution is 2.33. The number of nitrogens with one attached hydrogen (secondary N) is 2. The number of rotatable bonds is 8. The number of benzene rings is 2. The van der Waals surface area contributed by atoms with Gasteiger partial charge < -0.3 is 25.4 Å². The highest BCUT2D eigenvalue weighted by atomic mass is 19.4. The van der Waals surface area contributed by atoms with Crippen LogP contribution in [-0.4, -0.2) is 58.2 Å². The van der Waals surface area contributed by atoms with Crippen molar-refractivity contribution < 1.29 is 32.2 Å². The van der Waals surface area contributed by atoms with Gasteiger partial charge in [0.1, 0.15) is 17.1 Å². The number of anilines is 1. The summed E-state index contributed by atoms with van der Waals surface area (Å²) in [5.41, 5.74) is -4.01. The van der Waals surface area contributed by atoms with Gasteiger partial charge in [0.05, 0.1) is 31.3 Å². The Bertz CT molecular complexity index is 1630. The maximum Gasteiger partial charge on any atom is 0.416 e. The van der Waals surface area contributed by atoms with Gasteiger partial charge in [-0.1, -0.05) is 36.4 Å². The van der Waals surface area contributed by atoms with E-state index in [1.165, 1.54) is 6.92 Å². The van der Waals surface area contributed by atoms with Crippen molar-refractivity contribution in [2.45, 2.75) is 64.6 Å². The third-order valence-electron chi connectivity index (χ3n) is 7.45. The zero-order valence-electron chi connectivity index (χ0n) is 25.4. The molecule has 2 atom stereocenters. The van der Waals surface area contributed by atoms with Crippen molar-refractivity contribution in [3.8, 4) is 0 Å². The molecule has 2 heterocycles. The molecule has 0 saturated carbocycles. The molecule has 45 heavy (non-hydrogen) atoms. The fourth-order valence-corrected chi connectivity index (χ4v) is 5.34. The summed E-state index contributed by atoms with van der Waals surface area (Å²) in [7, 11) is 0. The molecular formula is C31H37F4N5O5. The number of hydrogen-bond donors (Lipinski definition) is 3. The average molecular weight is 636 g/mol. The van der Waals surface area contributed by atoms with E-state index in [4.69, 9.17) is 4.74 Å². The maximum absolute atomic E-state index is 15.0. The monoisotopic (exact) mass is 635 g/mol. The van der Waals surface area contributed by atoms with Crippen LogP contribution in [0.1, 0.15) is 49.2 Å². The van der Waals surface area contributed by atoms with Crippen molar-refractivity contribution in [2.75, 3.05) is 31.1 Å². The Morgan fingerprint density at radius 2 is 1.78 bits per heavy atom. The van der Waals surface area contributed by atoms with Crippen LogP contribution in [0.2, 0.25) is 0 Å². The van der Waals surface area contributed by atoms with E-state index in [1.807, 2.05) is 0 Å². The molecular weight excluding hydrogens is 598 g/mol. The van der Waals surface area contributed by atoms with E-state index >= 15 is 0 Å². The Morgan fingerprint density at radius 3 is 2.40 bits per heavy atom. The number of piperazine rings is 1. The first-order valence-corrected chi connectivity index (χ1v) is 14.4. The van der Waals surface area contributed by atoms with Gasteiger partial charge in [-0.3, -0.25) is 13.9 Å². The largest absolute Gasteiger partial charge is 0.444 e. The number of halogens is 4. The van der Waals surface area contributed by atoms with Crippen molar-refractivity contribution in [1.82, 2.24) is 19.8 Å². The first kappa shape index (κ1) is 33.7. The van der Waals surface area contributed by atoms with E-state index in [0.29, 0.717) is 12.1 Å². The summed E-state index contributed by atoms with van der Waals surface area (Å²) in [4.78, 5) is 42.6. The summed E-state index contributed by atoms with van der Waals surface area (Å²) in [6, 6.07) is 9.66. The van der Waals surface area contributed by atoms with Crippen LogP contribution in [0, 0.1) is 12.7 Å². The van der Waals surface area contributed by atoms with Gasteiger partial charge in [0, 0.05) is 36.9 Å². The molecule has 1 fully saturated rings. The molecule has 0 spiro atoms. The second-order valence-electron chi connectivity index (χ2n) is 11.9. The number of aliphatic hydroxyl groups is 1. The molecule has 1 amide bonds. The number of hydrogen-bond acceptors (Lipinski definition) is 7. The van der Waals surface area contributed by atoms with E-state index < -0.39 is 71.2 Å². The number of carbonyl (C=O) groups is 1. The van der Waals surface area contributed by atoms with E-state index in [9.17, 15) is 37.1 Å². The van der Waals surface area contributed by atoms with Crippen molar-refractivity contribution in [3.05, 3.63) is 97.6 Å². The molecule has 4 rings (SSSR count). The molecule has 1 aromatic heterocycles. The molecule has 14 heteroatoms. The number of aromatic nitrogens is 2. The van der Waals surface area contributed by atoms with Crippen LogP contribution in [0.25, 0.3) is 0 Å². The Kier molecular flexibility index (Phi) is 10.1. The normalized spacial score (nSPS) is 16.4. The van der Waals surface area contributed by atoms with Crippen LogP contribution >= 0.6 is 0 Å². The Labute approximate surface area is 257 Å². The van der Waals surface area contributed by atoms with E-state index in [-0.39, 0.29) is 31.1 Å².